The molecule has 4 rings (SSSR count). The van der Waals surface area contributed by atoms with E-state index in [9.17, 15) is 22.4 Å². The van der Waals surface area contributed by atoms with Crippen molar-refractivity contribution >= 4 is 16.9 Å². The Hall–Kier alpha value is -2.97. The third-order valence-corrected chi connectivity index (χ3v) is 4.89. The fraction of sp³-hybridized carbons (Fsp3) is 0.350. The average Bonchev–Trinajstić information content (AvgIpc) is 3.46. The Balaban J connectivity index is 1.61. The lowest BCUT2D eigenvalue weighted by Gasteiger charge is -2.11. The minimum Gasteiger partial charge on any atom is -0.350 e. The molecule has 0 spiro atoms. The standard InChI is InChI=1S/C20H18F4N4O/c1-11-18-15(20(22,23)24)8-16(13-4-5-13)26-19(18)28(27-11)10-17(29)25-9-12-2-6-14(21)7-3-12/h2-3,6-8,13H,4-5,9-10H2,1H3,(H,25,29). The van der Waals surface area contributed by atoms with E-state index in [1.54, 1.807) is 12.1 Å². The quantitative estimate of drug-likeness (QED) is 0.650. The molecule has 0 saturated heterocycles. The number of amides is 1. The molecule has 1 amide bonds. The molecule has 1 aromatic carbocycles. The molecule has 1 N–H and O–H groups in total. The second-order valence-electron chi connectivity index (χ2n) is 7.21. The summed E-state index contributed by atoms with van der Waals surface area (Å²) in [5.41, 5.74) is 0.567. The van der Waals surface area contributed by atoms with Crippen molar-refractivity contribution in [2.24, 2.45) is 0 Å². The Kier molecular flexibility index (Phi) is 4.76. The second kappa shape index (κ2) is 7.13. The van der Waals surface area contributed by atoms with E-state index >= 15 is 0 Å². The van der Waals surface area contributed by atoms with Crippen LogP contribution in [0, 0.1) is 12.7 Å². The van der Waals surface area contributed by atoms with Gasteiger partial charge in [-0.25, -0.2) is 14.1 Å². The van der Waals surface area contributed by atoms with Gasteiger partial charge in [-0.3, -0.25) is 4.79 Å². The van der Waals surface area contributed by atoms with Crippen molar-refractivity contribution in [3.63, 3.8) is 0 Å². The van der Waals surface area contributed by atoms with Gasteiger partial charge in [0.2, 0.25) is 5.91 Å². The molecular weight excluding hydrogens is 388 g/mol. The third kappa shape index (κ3) is 4.08. The molecule has 29 heavy (non-hydrogen) atoms. The number of benzene rings is 1. The van der Waals surface area contributed by atoms with Crippen LogP contribution >= 0.6 is 0 Å². The van der Waals surface area contributed by atoms with Crippen molar-refractivity contribution in [2.45, 2.75) is 44.9 Å². The zero-order valence-corrected chi connectivity index (χ0v) is 15.6. The highest BCUT2D eigenvalue weighted by atomic mass is 19.4. The number of carbonyl (C=O) groups is 1. The van der Waals surface area contributed by atoms with Gasteiger partial charge in [-0.2, -0.15) is 18.3 Å². The first-order chi connectivity index (χ1) is 13.7. The van der Waals surface area contributed by atoms with Crippen LogP contribution in [0.15, 0.2) is 30.3 Å². The highest BCUT2D eigenvalue weighted by Gasteiger charge is 2.37. The van der Waals surface area contributed by atoms with Crippen molar-refractivity contribution in [3.8, 4) is 0 Å². The molecule has 1 fully saturated rings. The zero-order valence-electron chi connectivity index (χ0n) is 15.6. The van der Waals surface area contributed by atoms with Crippen LogP contribution in [0.4, 0.5) is 17.6 Å². The molecule has 0 bridgehead atoms. The number of nitrogens with zero attached hydrogens (tertiary/aromatic N) is 3. The van der Waals surface area contributed by atoms with Gasteiger partial charge in [-0.1, -0.05) is 12.1 Å². The second-order valence-corrected chi connectivity index (χ2v) is 7.21. The Labute approximate surface area is 163 Å². The summed E-state index contributed by atoms with van der Waals surface area (Å²) in [5.74, 6) is -0.779. The number of alkyl halides is 3. The predicted molar refractivity (Wildman–Crippen MR) is 97.5 cm³/mol. The van der Waals surface area contributed by atoms with E-state index in [1.165, 1.54) is 23.7 Å². The van der Waals surface area contributed by atoms with Crippen molar-refractivity contribution in [3.05, 3.63) is 58.7 Å². The Morgan fingerprint density at radius 2 is 1.93 bits per heavy atom. The Morgan fingerprint density at radius 3 is 2.55 bits per heavy atom. The van der Waals surface area contributed by atoms with Crippen LogP contribution < -0.4 is 5.32 Å². The molecule has 0 radical (unpaired) electrons. The van der Waals surface area contributed by atoms with E-state index in [1.807, 2.05) is 0 Å². The van der Waals surface area contributed by atoms with Crippen molar-refractivity contribution < 1.29 is 22.4 Å². The van der Waals surface area contributed by atoms with E-state index in [4.69, 9.17) is 0 Å². The van der Waals surface area contributed by atoms with E-state index in [-0.39, 0.29) is 41.6 Å². The van der Waals surface area contributed by atoms with Gasteiger partial charge in [0.05, 0.1) is 16.6 Å². The summed E-state index contributed by atoms with van der Waals surface area (Å²) in [5, 5.41) is 6.72. The van der Waals surface area contributed by atoms with Crippen LogP contribution in [-0.4, -0.2) is 20.7 Å². The van der Waals surface area contributed by atoms with Gasteiger partial charge >= 0.3 is 6.18 Å². The number of hydrogen-bond acceptors (Lipinski definition) is 3. The predicted octanol–water partition coefficient (Wildman–Crippen LogP) is 4.09. The van der Waals surface area contributed by atoms with E-state index in [2.05, 4.69) is 15.4 Å². The van der Waals surface area contributed by atoms with Crippen molar-refractivity contribution in [1.29, 1.82) is 0 Å². The monoisotopic (exact) mass is 406 g/mol. The van der Waals surface area contributed by atoms with Crippen LogP contribution in [0.25, 0.3) is 11.0 Å². The van der Waals surface area contributed by atoms with Gasteiger partial charge in [-0.15, -0.1) is 0 Å². The fourth-order valence-electron chi connectivity index (χ4n) is 3.29. The summed E-state index contributed by atoms with van der Waals surface area (Å²) in [6.45, 7) is 1.39. The van der Waals surface area contributed by atoms with E-state index in [0.717, 1.165) is 18.9 Å². The maximum atomic E-state index is 13.6. The first-order valence-corrected chi connectivity index (χ1v) is 9.19. The largest absolute Gasteiger partial charge is 0.417 e. The summed E-state index contributed by atoms with van der Waals surface area (Å²) in [4.78, 5) is 16.7. The van der Waals surface area contributed by atoms with Crippen molar-refractivity contribution in [1.82, 2.24) is 20.1 Å². The van der Waals surface area contributed by atoms with Crippen LogP contribution in [0.5, 0.6) is 0 Å². The molecule has 0 unspecified atom stereocenters. The van der Waals surface area contributed by atoms with Crippen LogP contribution in [0.1, 0.15) is 41.3 Å². The number of aromatic nitrogens is 3. The van der Waals surface area contributed by atoms with Crippen LogP contribution in [0.3, 0.4) is 0 Å². The minimum atomic E-state index is -4.53. The molecule has 9 heteroatoms. The first-order valence-electron chi connectivity index (χ1n) is 9.19. The lowest BCUT2D eigenvalue weighted by Crippen LogP contribution is -2.27. The van der Waals surface area contributed by atoms with E-state index in [0.29, 0.717) is 11.3 Å². The van der Waals surface area contributed by atoms with Gasteiger partial charge in [0.15, 0.2) is 5.65 Å². The number of pyridine rings is 1. The van der Waals surface area contributed by atoms with E-state index < -0.39 is 17.6 Å². The SMILES string of the molecule is Cc1nn(CC(=O)NCc2ccc(F)cc2)c2nc(C3CC3)cc(C(F)(F)F)c12. The number of carbonyl (C=O) groups excluding carboxylic acids is 1. The molecule has 1 saturated carbocycles. The van der Waals surface area contributed by atoms with Gasteiger partial charge in [0, 0.05) is 18.2 Å². The number of aryl methyl sites for hydroxylation is 1. The fourth-order valence-corrected chi connectivity index (χ4v) is 3.29. The molecular formula is C20H18F4N4O. The van der Waals surface area contributed by atoms with Crippen LogP contribution in [0.2, 0.25) is 0 Å². The highest BCUT2D eigenvalue weighted by Crippen LogP contribution is 2.43. The van der Waals surface area contributed by atoms with Crippen molar-refractivity contribution in [2.75, 3.05) is 0 Å². The molecule has 1 aliphatic rings. The Bertz CT molecular complexity index is 1070. The summed E-state index contributed by atoms with van der Waals surface area (Å²) in [7, 11) is 0. The smallest absolute Gasteiger partial charge is 0.350 e. The minimum absolute atomic E-state index is 0.0245. The molecule has 2 heterocycles. The summed E-state index contributed by atoms with van der Waals surface area (Å²) >= 11 is 0. The lowest BCUT2D eigenvalue weighted by atomic mass is 10.1. The summed E-state index contributed by atoms with van der Waals surface area (Å²) in [6.07, 6.45) is -2.92. The molecule has 1 aliphatic carbocycles. The summed E-state index contributed by atoms with van der Waals surface area (Å²) in [6, 6.07) is 6.76. The maximum absolute atomic E-state index is 13.6. The van der Waals surface area contributed by atoms with Gasteiger partial charge in [0.1, 0.15) is 12.4 Å². The third-order valence-electron chi connectivity index (χ3n) is 4.89. The number of nitrogens with one attached hydrogen (secondary N) is 1. The van der Waals surface area contributed by atoms with Gasteiger partial charge in [-0.05, 0) is 43.5 Å². The highest BCUT2D eigenvalue weighted by molar-refractivity contribution is 5.85. The topological polar surface area (TPSA) is 59.8 Å². The molecule has 3 aromatic rings. The summed E-state index contributed by atoms with van der Waals surface area (Å²) < 4.78 is 55.0. The number of fused-ring (bicyclic) bond motifs is 1. The number of halogens is 4. The maximum Gasteiger partial charge on any atom is 0.417 e. The molecule has 5 nitrogen and oxygen atoms in total. The number of rotatable bonds is 5. The molecule has 0 aliphatic heterocycles. The first kappa shape index (κ1) is 19.4. The van der Waals surface area contributed by atoms with Crippen LogP contribution in [-0.2, 0) is 24.1 Å². The lowest BCUT2D eigenvalue weighted by molar-refractivity contribution is -0.136. The average molecular weight is 406 g/mol. The van der Waals surface area contributed by atoms with Gasteiger partial charge < -0.3 is 5.32 Å². The molecule has 2 aromatic heterocycles. The number of hydrogen-bond donors (Lipinski definition) is 1. The van der Waals surface area contributed by atoms with Gasteiger partial charge in [0.25, 0.3) is 0 Å². The normalized spacial score (nSPS) is 14.4. The molecule has 152 valence electrons. The Morgan fingerprint density at radius 1 is 1.24 bits per heavy atom. The molecule has 0 atom stereocenters. The zero-order chi connectivity index (χ0) is 20.8.